The molecule has 0 radical (unpaired) electrons. The Morgan fingerprint density at radius 2 is 1.69 bits per heavy atom. The molecule has 0 aliphatic carbocycles. The van der Waals surface area contributed by atoms with Gasteiger partial charge in [0.1, 0.15) is 6.10 Å². The van der Waals surface area contributed by atoms with Crippen LogP contribution in [0.3, 0.4) is 0 Å². The highest BCUT2D eigenvalue weighted by Gasteiger charge is 2.01. The van der Waals surface area contributed by atoms with Gasteiger partial charge in [0.25, 0.3) is 0 Å². The molecule has 2 N–H and O–H groups in total. The lowest BCUT2D eigenvalue weighted by atomic mass is 10.4. The van der Waals surface area contributed by atoms with E-state index in [1.807, 2.05) is 0 Å². The van der Waals surface area contributed by atoms with Crippen molar-refractivity contribution in [2.24, 2.45) is 0 Å². The average Bonchev–Trinajstić information content (AvgIpc) is 1.85. The van der Waals surface area contributed by atoms with Crippen LogP contribution in [-0.4, -0.2) is 54.5 Å². The fourth-order valence-corrected chi connectivity index (χ4v) is 0.671. The van der Waals surface area contributed by atoms with Crippen molar-refractivity contribution in [1.82, 2.24) is 0 Å². The van der Waals surface area contributed by atoms with Gasteiger partial charge in [0.15, 0.2) is 0 Å². The number of quaternary nitrogens is 1. The van der Waals surface area contributed by atoms with Crippen LogP contribution in [0.15, 0.2) is 0 Å². The molecule has 0 fully saturated rings. The minimum absolute atomic E-state index is 1.09. The number of hydrogen-bond donors (Lipinski definition) is 2. The Kier molecular flexibility index (Phi) is 7.85. The van der Waals surface area contributed by atoms with Gasteiger partial charge < -0.3 is 14.7 Å². The quantitative estimate of drug-likeness (QED) is 0.642. The number of aliphatic hydroxyl groups excluding tert-OH is 1. The SMILES string of the molecule is CC(O)C(=O)O.CCC[N+](C)(C)C. The van der Waals surface area contributed by atoms with Crippen molar-refractivity contribution in [3.63, 3.8) is 0 Å². The topological polar surface area (TPSA) is 57.5 Å². The third kappa shape index (κ3) is 18.4. The highest BCUT2D eigenvalue weighted by atomic mass is 16.4. The van der Waals surface area contributed by atoms with E-state index in [0.29, 0.717) is 0 Å². The van der Waals surface area contributed by atoms with E-state index in [1.54, 1.807) is 0 Å². The van der Waals surface area contributed by atoms with E-state index in [9.17, 15) is 4.79 Å². The molecule has 13 heavy (non-hydrogen) atoms. The maximum Gasteiger partial charge on any atom is 0.332 e. The Hall–Kier alpha value is -0.610. The van der Waals surface area contributed by atoms with Gasteiger partial charge in [0.2, 0.25) is 0 Å². The molecule has 0 saturated heterocycles. The van der Waals surface area contributed by atoms with Crippen molar-refractivity contribution in [2.45, 2.75) is 26.4 Å². The molecule has 1 atom stereocenters. The summed E-state index contributed by atoms with van der Waals surface area (Å²) in [6.07, 6.45) is 0.0498. The van der Waals surface area contributed by atoms with Crippen LogP contribution in [-0.2, 0) is 4.79 Å². The van der Waals surface area contributed by atoms with Gasteiger partial charge in [-0.1, -0.05) is 6.92 Å². The monoisotopic (exact) mass is 192 g/mol. The minimum Gasteiger partial charge on any atom is -0.479 e. The lowest BCUT2D eigenvalue weighted by Crippen LogP contribution is -2.34. The summed E-state index contributed by atoms with van der Waals surface area (Å²) < 4.78 is 1.09. The molecule has 0 amide bonds. The Balaban J connectivity index is 0. The molecule has 80 valence electrons. The van der Waals surface area contributed by atoms with Crippen LogP contribution in [0.4, 0.5) is 0 Å². The van der Waals surface area contributed by atoms with Crippen molar-refractivity contribution >= 4 is 5.97 Å². The van der Waals surface area contributed by atoms with Gasteiger partial charge in [-0.15, -0.1) is 0 Å². The molecule has 0 aliphatic rings. The second kappa shape index (κ2) is 6.86. The summed E-state index contributed by atoms with van der Waals surface area (Å²) in [4.78, 5) is 9.45. The molecule has 0 aliphatic heterocycles. The predicted molar refractivity (Wildman–Crippen MR) is 52.5 cm³/mol. The van der Waals surface area contributed by atoms with Crippen molar-refractivity contribution in [3.05, 3.63) is 0 Å². The summed E-state index contributed by atoms with van der Waals surface area (Å²) >= 11 is 0. The van der Waals surface area contributed by atoms with Crippen LogP contribution in [0, 0.1) is 0 Å². The molecule has 1 unspecified atom stereocenters. The number of carbonyl (C=O) groups is 1. The second-order valence-electron chi connectivity index (χ2n) is 4.03. The highest BCUT2D eigenvalue weighted by Crippen LogP contribution is 1.90. The number of aliphatic hydroxyl groups is 1. The van der Waals surface area contributed by atoms with Gasteiger partial charge in [-0.3, -0.25) is 0 Å². The predicted octanol–water partition coefficient (Wildman–Crippen LogP) is 0.554. The molecule has 0 aromatic carbocycles. The van der Waals surface area contributed by atoms with Gasteiger partial charge in [-0.05, 0) is 13.3 Å². The number of rotatable bonds is 3. The fourth-order valence-electron chi connectivity index (χ4n) is 0.671. The first-order chi connectivity index (χ1) is 5.70. The van der Waals surface area contributed by atoms with Gasteiger partial charge in [-0.25, -0.2) is 4.79 Å². The first-order valence-corrected chi connectivity index (χ1v) is 4.42. The molecule has 0 rings (SSSR count). The number of carboxylic acid groups (broad SMARTS) is 1. The smallest absolute Gasteiger partial charge is 0.332 e. The summed E-state index contributed by atoms with van der Waals surface area (Å²) in [5.41, 5.74) is 0. The van der Waals surface area contributed by atoms with Crippen LogP contribution in [0.2, 0.25) is 0 Å². The zero-order valence-corrected chi connectivity index (χ0v) is 9.24. The fraction of sp³-hybridized carbons (Fsp3) is 0.889. The van der Waals surface area contributed by atoms with Gasteiger partial charge in [-0.2, -0.15) is 0 Å². The van der Waals surface area contributed by atoms with Crippen LogP contribution in [0.1, 0.15) is 20.3 Å². The number of hydrogen-bond acceptors (Lipinski definition) is 2. The Morgan fingerprint density at radius 3 is 1.69 bits per heavy atom. The molecular formula is C9H22NO3+. The summed E-state index contributed by atoms with van der Waals surface area (Å²) in [7, 11) is 6.64. The Labute approximate surface area is 80.4 Å². The molecular weight excluding hydrogens is 170 g/mol. The molecule has 0 heterocycles. The van der Waals surface area contributed by atoms with Crippen molar-refractivity contribution < 1.29 is 19.5 Å². The Bertz CT molecular complexity index is 138. The molecule has 0 aromatic heterocycles. The lowest BCUT2D eigenvalue weighted by molar-refractivity contribution is -0.870. The minimum atomic E-state index is -1.23. The van der Waals surface area contributed by atoms with E-state index in [-0.39, 0.29) is 0 Å². The third-order valence-electron chi connectivity index (χ3n) is 1.25. The molecule has 0 saturated carbocycles. The third-order valence-corrected chi connectivity index (χ3v) is 1.25. The van der Waals surface area contributed by atoms with Crippen LogP contribution >= 0.6 is 0 Å². The van der Waals surface area contributed by atoms with Crippen molar-refractivity contribution in [1.29, 1.82) is 0 Å². The zero-order valence-electron chi connectivity index (χ0n) is 9.24. The average molecular weight is 192 g/mol. The Morgan fingerprint density at radius 1 is 1.38 bits per heavy atom. The van der Waals surface area contributed by atoms with E-state index in [0.717, 1.165) is 4.48 Å². The second-order valence-corrected chi connectivity index (χ2v) is 4.03. The molecule has 4 heteroatoms. The van der Waals surface area contributed by atoms with E-state index >= 15 is 0 Å². The number of carboxylic acids is 1. The standard InChI is InChI=1S/C6H16N.C3H6O3/c1-5-6-7(2,3)4;1-2(4)3(5)6/h5-6H2,1-4H3;2,4H,1H3,(H,5,6)/q+1;. The van der Waals surface area contributed by atoms with Crippen LogP contribution in [0.5, 0.6) is 0 Å². The first-order valence-electron chi connectivity index (χ1n) is 4.42. The summed E-state index contributed by atoms with van der Waals surface area (Å²) in [6.45, 7) is 4.69. The molecule has 0 aromatic rings. The highest BCUT2D eigenvalue weighted by molar-refractivity contribution is 5.71. The first kappa shape index (κ1) is 14.9. The van der Waals surface area contributed by atoms with E-state index in [2.05, 4.69) is 28.1 Å². The number of aliphatic carboxylic acids is 1. The van der Waals surface area contributed by atoms with E-state index in [4.69, 9.17) is 10.2 Å². The van der Waals surface area contributed by atoms with Crippen molar-refractivity contribution in [2.75, 3.05) is 27.7 Å². The largest absolute Gasteiger partial charge is 0.479 e. The van der Waals surface area contributed by atoms with Crippen molar-refractivity contribution in [3.8, 4) is 0 Å². The molecule has 0 bridgehead atoms. The van der Waals surface area contributed by atoms with Gasteiger partial charge in [0.05, 0.1) is 27.7 Å². The summed E-state index contributed by atoms with van der Waals surface area (Å²) in [6, 6.07) is 0. The van der Waals surface area contributed by atoms with E-state index in [1.165, 1.54) is 19.9 Å². The molecule has 4 nitrogen and oxygen atoms in total. The summed E-state index contributed by atoms with van der Waals surface area (Å²) in [5, 5.41) is 15.8. The van der Waals surface area contributed by atoms with Crippen LogP contribution < -0.4 is 0 Å². The summed E-state index contributed by atoms with van der Waals surface area (Å²) in [5.74, 6) is -1.19. The van der Waals surface area contributed by atoms with Gasteiger partial charge >= 0.3 is 5.97 Å². The normalized spacial score (nSPS) is 12.8. The maximum atomic E-state index is 9.45. The van der Waals surface area contributed by atoms with Gasteiger partial charge in [0, 0.05) is 0 Å². The molecule has 0 spiro atoms. The van der Waals surface area contributed by atoms with E-state index < -0.39 is 12.1 Å². The van der Waals surface area contributed by atoms with Crippen LogP contribution in [0.25, 0.3) is 0 Å². The maximum absolute atomic E-state index is 9.45. The lowest BCUT2D eigenvalue weighted by Gasteiger charge is -2.22. The zero-order chi connectivity index (χ0) is 11.1. The number of nitrogens with zero attached hydrogens (tertiary/aromatic N) is 1.